The van der Waals surface area contributed by atoms with E-state index in [1.807, 2.05) is 0 Å². The van der Waals surface area contributed by atoms with E-state index in [0.29, 0.717) is 23.6 Å². The smallest absolute Gasteiger partial charge is 0.320 e. The van der Waals surface area contributed by atoms with Crippen LogP contribution >= 0.6 is 11.6 Å². The Morgan fingerprint density at radius 3 is 2.57 bits per heavy atom. The van der Waals surface area contributed by atoms with E-state index < -0.39 is 11.6 Å². The van der Waals surface area contributed by atoms with Gasteiger partial charge in [0.2, 0.25) is 0 Å². The molecule has 1 saturated carbocycles. The SMILES string of the molecule is N/C(=N/O)C1(NC(=O)Nc2ccccc2Cl)CCCCC1. The van der Waals surface area contributed by atoms with Crippen molar-refractivity contribution in [2.24, 2.45) is 10.9 Å². The van der Waals surface area contributed by atoms with Gasteiger partial charge in [-0.25, -0.2) is 4.79 Å². The van der Waals surface area contributed by atoms with Crippen LogP contribution < -0.4 is 16.4 Å². The van der Waals surface area contributed by atoms with E-state index >= 15 is 0 Å². The van der Waals surface area contributed by atoms with E-state index in [9.17, 15) is 4.79 Å². The quantitative estimate of drug-likeness (QED) is 0.299. The second-order valence-corrected chi connectivity index (χ2v) is 5.59. The molecule has 0 unspecified atom stereocenters. The molecule has 2 amide bonds. The maximum absolute atomic E-state index is 12.2. The molecular formula is C14H19ClN4O2. The van der Waals surface area contributed by atoms with E-state index in [4.69, 9.17) is 22.5 Å². The fraction of sp³-hybridized carbons (Fsp3) is 0.429. The molecule has 0 radical (unpaired) electrons. The van der Waals surface area contributed by atoms with Crippen molar-refractivity contribution in [1.82, 2.24) is 5.32 Å². The molecule has 0 atom stereocenters. The molecule has 114 valence electrons. The molecule has 0 spiro atoms. The van der Waals surface area contributed by atoms with Crippen LogP contribution in [0.4, 0.5) is 10.5 Å². The number of hydrogen-bond acceptors (Lipinski definition) is 3. The Morgan fingerprint density at radius 1 is 1.29 bits per heavy atom. The van der Waals surface area contributed by atoms with Gasteiger partial charge in [0.25, 0.3) is 0 Å². The second-order valence-electron chi connectivity index (χ2n) is 5.19. The summed E-state index contributed by atoms with van der Waals surface area (Å²) in [5, 5.41) is 18.0. The molecule has 5 N–H and O–H groups in total. The van der Waals surface area contributed by atoms with Crippen LogP contribution in [-0.4, -0.2) is 22.6 Å². The Labute approximate surface area is 128 Å². The van der Waals surface area contributed by atoms with Crippen LogP contribution in [0.15, 0.2) is 29.4 Å². The lowest BCUT2D eigenvalue weighted by atomic mass is 9.81. The van der Waals surface area contributed by atoms with Crippen molar-refractivity contribution in [3.63, 3.8) is 0 Å². The average molecular weight is 311 g/mol. The van der Waals surface area contributed by atoms with E-state index in [-0.39, 0.29) is 5.84 Å². The summed E-state index contributed by atoms with van der Waals surface area (Å²) in [5.74, 6) is 0.0384. The number of oxime groups is 1. The summed E-state index contributed by atoms with van der Waals surface area (Å²) in [4.78, 5) is 12.2. The van der Waals surface area contributed by atoms with Gasteiger partial charge in [0.05, 0.1) is 10.7 Å². The summed E-state index contributed by atoms with van der Waals surface area (Å²) in [6.07, 6.45) is 4.22. The second kappa shape index (κ2) is 6.67. The van der Waals surface area contributed by atoms with Crippen LogP contribution in [0.3, 0.4) is 0 Å². The third kappa shape index (κ3) is 3.58. The number of anilines is 1. The van der Waals surface area contributed by atoms with Crippen LogP contribution in [-0.2, 0) is 0 Å². The van der Waals surface area contributed by atoms with Crippen molar-refractivity contribution in [3.8, 4) is 0 Å². The maximum atomic E-state index is 12.2. The predicted octanol–water partition coefficient (Wildman–Crippen LogP) is 2.91. The fourth-order valence-corrected chi connectivity index (χ4v) is 2.81. The van der Waals surface area contributed by atoms with Gasteiger partial charge in [0, 0.05) is 0 Å². The Morgan fingerprint density at radius 2 is 1.95 bits per heavy atom. The standard InChI is InChI=1S/C14H19ClN4O2/c15-10-6-2-3-7-11(10)17-13(20)18-14(12(16)19-21)8-4-1-5-9-14/h2-3,6-7,21H,1,4-5,8-9H2,(H2,16,19)(H2,17,18,20). The number of carbonyl (C=O) groups excluding carboxylic acids is 1. The van der Waals surface area contributed by atoms with Crippen LogP contribution in [0.5, 0.6) is 0 Å². The lowest BCUT2D eigenvalue weighted by molar-refractivity contribution is 0.233. The predicted molar refractivity (Wildman–Crippen MR) is 82.8 cm³/mol. The molecule has 0 heterocycles. The molecule has 0 aliphatic heterocycles. The summed E-state index contributed by atoms with van der Waals surface area (Å²) >= 11 is 6.00. The van der Waals surface area contributed by atoms with Gasteiger partial charge >= 0.3 is 6.03 Å². The highest BCUT2D eigenvalue weighted by Crippen LogP contribution is 2.29. The van der Waals surface area contributed by atoms with Crippen molar-refractivity contribution in [2.75, 3.05) is 5.32 Å². The molecule has 1 aromatic carbocycles. The van der Waals surface area contributed by atoms with Crippen molar-refractivity contribution in [2.45, 2.75) is 37.6 Å². The van der Waals surface area contributed by atoms with Crippen LogP contribution in [0.25, 0.3) is 0 Å². The zero-order chi connectivity index (χ0) is 15.3. The minimum Gasteiger partial charge on any atom is -0.409 e. The van der Waals surface area contributed by atoms with Crippen molar-refractivity contribution in [3.05, 3.63) is 29.3 Å². The van der Waals surface area contributed by atoms with Gasteiger partial charge in [-0.2, -0.15) is 0 Å². The maximum Gasteiger partial charge on any atom is 0.320 e. The first kappa shape index (κ1) is 15.4. The van der Waals surface area contributed by atoms with E-state index in [1.54, 1.807) is 24.3 Å². The molecule has 21 heavy (non-hydrogen) atoms. The number of amides is 2. The zero-order valence-corrected chi connectivity index (χ0v) is 12.4. The summed E-state index contributed by atoms with van der Waals surface area (Å²) in [6, 6.07) is 6.54. The Kier molecular flexibility index (Phi) is 4.90. The number of rotatable bonds is 3. The molecule has 0 saturated heterocycles. The molecule has 1 fully saturated rings. The van der Waals surface area contributed by atoms with Gasteiger partial charge in [-0.15, -0.1) is 0 Å². The third-order valence-electron chi connectivity index (χ3n) is 3.78. The molecule has 6 nitrogen and oxygen atoms in total. The van der Waals surface area contributed by atoms with Gasteiger partial charge in [-0.3, -0.25) is 0 Å². The largest absolute Gasteiger partial charge is 0.409 e. The van der Waals surface area contributed by atoms with Crippen molar-refractivity contribution < 1.29 is 10.0 Å². The molecule has 1 aliphatic carbocycles. The highest BCUT2D eigenvalue weighted by molar-refractivity contribution is 6.33. The molecular weight excluding hydrogens is 292 g/mol. The van der Waals surface area contributed by atoms with Crippen LogP contribution in [0.2, 0.25) is 5.02 Å². The minimum absolute atomic E-state index is 0.0384. The Balaban J connectivity index is 2.10. The molecule has 0 aromatic heterocycles. The van der Waals surface area contributed by atoms with Gasteiger partial charge in [0.1, 0.15) is 5.54 Å². The molecule has 7 heteroatoms. The summed E-state index contributed by atoms with van der Waals surface area (Å²) in [7, 11) is 0. The van der Waals surface area contributed by atoms with E-state index in [1.165, 1.54) is 0 Å². The first-order chi connectivity index (χ1) is 10.1. The number of urea groups is 1. The monoisotopic (exact) mass is 310 g/mol. The Bertz CT molecular complexity index is 542. The molecule has 0 bridgehead atoms. The third-order valence-corrected chi connectivity index (χ3v) is 4.11. The number of amidine groups is 1. The summed E-state index contributed by atoms with van der Waals surface area (Å²) in [6.45, 7) is 0. The van der Waals surface area contributed by atoms with Crippen molar-refractivity contribution in [1.29, 1.82) is 0 Å². The molecule has 1 aromatic rings. The average Bonchev–Trinajstić information content (AvgIpc) is 2.49. The minimum atomic E-state index is -0.793. The van der Waals surface area contributed by atoms with Crippen molar-refractivity contribution >= 4 is 29.2 Å². The number of nitrogens with zero attached hydrogens (tertiary/aromatic N) is 1. The van der Waals surface area contributed by atoms with E-state index in [0.717, 1.165) is 19.3 Å². The highest BCUT2D eigenvalue weighted by Gasteiger charge is 2.38. The van der Waals surface area contributed by atoms with Gasteiger partial charge < -0.3 is 21.6 Å². The molecule has 2 rings (SSSR count). The number of halogens is 1. The summed E-state index contributed by atoms with van der Waals surface area (Å²) < 4.78 is 0. The van der Waals surface area contributed by atoms with Gasteiger partial charge in [0.15, 0.2) is 5.84 Å². The highest BCUT2D eigenvalue weighted by atomic mass is 35.5. The number of para-hydroxylation sites is 1. The number of carbonyl (C=O) groups is 1. The lowest BCUT2D eigenvalue weighted by Gasteiger charge is -2.36. The number of hydrogen-bond donors (Lipinski definition) is 4. The number of nitrogens with one attached hydrogen (secondary N) is 2. The Hall–Kier alpha value is -1.95. The van der Waals surface area contributed by atoms with Gasteiger partial charge in [-0.1, -0.05) is 48.2 Å². The molecule has 1 aliphatic rings. The first-order valence-corrected chi connectivity index (χ1v) is 7.27. The fourth-order valence-electron chi connectivity index (χ4n) is 2.63. The van der Waals surface area contributed by atoms with Crippen LogP contribution in [0, 0.1) is 0 Å². The van der Waals surface area contributed by atoms with Gasteiger partial charge in [-0.05, 0) is 25.0 Å². The van der Waals surface area contributed by atoms with E-state index in [2.05, 4.69) is 15.8 Å². The lowest BCUT2D eigenvalue weighted by Crippen LogP contribution is -2.59. The zero-order valence-electron chi connectivity index (χ0n) is 11.6. The number of nitrogens with two attached hydrogens (primary N) is 1. The summed E-state index contributed by atoms with van der Waals surface area (Å²) in [5.41, 5.74) is 5.51. The number of benzene rings is 1. The topological polar surface area (TPSA) is 99.7 Å². The van der Waals surface area contributed by atoms with Crippen LogP contribution in [0.1, 0.15) is 32.1 Å². The normalized spacial score (nSPS) is 18.0. The first-order valence-electron chi connectivity index (χ1n) is 6.89.